The predicted octanol–water partition coefficient (Wildman–Crippen LogP) is 4.59. The van der Waals surface area contributed by atoms with E-state index in [4.69, 9.17) is 0 Å². The van der Waals surface area contributed by atoms with Crippen molar-refractivity contribution >= 4 is 40.1 Å². The first kappa shape index (κ1) is 20.8. The van der Waals surface area contributed by atoms with Crippen molar-refractivity contribution in [3.05, 3.63) is 72.1 Å². The molecule has 0 unspecified atom stereocenters. The summed E-state index contributed by atoms with van der Waals surface area (Å²) in [5, 5.41) is 2.68. The summed E-state index contributed by atoms with van der Waals surface area (Å²) in [6.45, 7) is 8.07. The van der Waals surface area contributed by atoms with Crippen molar-refractivity contribution in [1.82, 2.24) is 4.90 Å². The van der Waals surface area contributed by atoms with Crippen molar-refractivity contribution in [3.63, 3.8) is 0 Å². The van der Waals surface area contributed by atoms with Crippen molar-refractivity contribution in [2.24, 2.45) is 4.99 Å². The number of anilines is 1. The summed E-state index contributed by atoms with van der Waals surface area (Å²) < 4.78 is 13.0. The Morgan fingerprint density at radius 3 is 2.62 bits per heavy atom. The Kier molecular flexibility index (Phi) is 6.49. The molecule has 3 rings (SSSR count). The number of hydrogen-bond donors (Lipinski definition) is 1. The minimum atomic E-state index is -0.569. The zero-order valence-electron chi connectivity index (χ0n) is 16.3. The number of halogens is 1. The number of rotatable bonds is 6. The molecule has 1 saturated heterocycles. The van der Waals surface area contributed by atoms with Crippen LogP contribution in [0.15, 0.2) is 60.1 Å². The van der Waals surface area contributed by atoms with Crippen LogP contribution in [0.25, 0.3) is 0 Å². The van der Waals surface area contributed by atoms with Gasteiger partial charge in [0.1, 0.15) is 11.1 Å². The fourth-order valence-corrected chi connectivity index (χ4v) is 4.01. The maximum atomic E-state index is 13.0. The number of thioether (sulfide) groups is 1. The van der Waals surface area contributed by atoms with Gasteiger partial charge in [0.05, 0.1) is 5.69 Å². The lowest BCUT2D eigenvalue weighted by Crippen LogP contribution is -2.33. The molecule has 1 N–H and O–H groups in total. The van der Waals surface area contributed by atoms with E-state index in [1.54, 1.807) is 11.0 Å². The van der Waals surface area contributed by atoms with Crippen LogP contribution >= 0.6 is 11.8 Å². The average Bonchev–Trinajstić information content (AvgIpc) is 2.95. The van der Waals surface area contributed by atoms with Crippen molar-refractivity contribution < 1.29 is 14.0 Å². The largest absolute Gasteiger partial charge is 0.326 e. The van der Waals surface area contributed by atoms with Crippen LogP contribution in [-0.4, -0.2) is 33.7 Å². The Balaban J connectivity index is 1.74. The van der Waals surface area contributed by atoms with Crippen LogP contribution in [0.3, 0.4) is 0 Å². The molecule has 0 radical (unpaired) electrons. The highest BCUT2D eigenvalue weighted by Crippen LogP contribution is 2.32. The van der Waals surface area contributed by atoms with E-state index in [1.165, 1.54) is 41.6 Å². The summed E-state index contributed by atoms with van der Waals surface area (Å²) in [7, 11) is 0. The lowest BCUT2D eigenvalue weighted by molar-refractivity contribution is -0.127. The lowest BCUT2D eigenvalue weighted by Gasteiger charge is -2.14. The van der Waals surface area contributed by atoms with E-state index in [-0.39, 0.29) is 24.1 Å². The van der Waals surface area contributed by atoms with Crippen LogP contribution in [0.4, 0.5) is 15.8 Å². The zero-order valence-corrected chi connectivity index (χ0v) is 17.1. The molecule has 2 aromatic carbocycles. The molecule has 1 aliphatic rings. The molecule has 1 atom stereocenters. The van der Waals surface area contributed by atoms with Gasteiger partial charge in [-0.3, -0.25) is 14.5 Å². The van der Waals surface area contributed by atoms with Crippen molar-refractivity contribution in [1.29, 1.82) is 0 Å². The average molecular weight is 412 g/mol. The molecule has 1 aliphatic heterocycles. The minimum absolute atomic E-state index is 0.000461. The highest BCUT2D eigenvalue weighted by atomic mass is 32.2. The van der Waals surface area contributed by atoms with E-state index in [2.05, 4.69) is 16.9 Å². The number of benzene rings is 2. The van der Waals surface area contributed by atoms with Gasteiger partial charge < -0.3 is 5.32 Å². The van der Waals surface area contributed by atoms with Crippen molar-refractivity contribution in [2.75, 3.05) is 11.9 Å². The molecule has 29 heavy (non-hydrogen) atoms. The summed E-state index contributed by atoms with van der Waals surface area (Å²) >= 11 is 1.27. The Morgan fingerprint density at radius 2 is 1.97 bits per heavy atom. The molecule has 0 aromatic heterocycles. The van der Waals surface area contributed by atoms with E-state index in [1.807, 2.05) is 32.0 Å². The molecule has 2 aromatic rings. The van der Waals surface area contributed by atoms with Gasteiger partial charge in [-0.15, -0.1) is 6.58 Å². The molecule has 7 heteroatoms. The monoisotopic (exact) mass is 411 g/mol. The van der Waals surface area contributed by atoms with Gasteiger partial charge in [0.2, 0.25) is 11.8 Å². The van der Waals surface area contributed by atoms with Gasteiger partial charge >= 0.3 is 0 Å². The zero-order chi connectivity index (χ0) is 21.0. The van der Waals surface area contributed by atoms with Crippen LogP contribution < -0.4 is 5.32 Å². The number of carbonyl (C=O) groups is 2. The van der Waals surface area contributed by atoms with Crippen LogP contribution in [-0.2, 0) is 9.59 Å². The second-order valence-electron chi connectivity index (χ2n) is 6.77. The van der Waals surface area contributed by atoms with Crippen molar-refractivity contribution in [2.45, 2.75) is 25.5 Å². The number of aryl methyl sites for hydroxylation is 2. The molecule has 1 heterocycles. The SMILES string of the molecule is C=CCN1C(=O)[C@@H](CC(=O)Nc2ccc(F)cc2)SC1=Nc1ccc(C)c(C)c1. The van der Waals surface area contributed by atoms with E-state index in [0.29, 0.717) is 17.4 Å². The fraction of sp³-hybridized carbons (Fsp3) is 0.227. The van der Waals surface area contributed by atoms with Crippen molar-refractivity contribution in [3.8, 4) is 0 Å². The van der Waals surface area contributed by atoms with Crippen LogP contribution in [0.5, 0.6) is 0 Å². The van der Waals surface area contributed by atoms with Crippen LogP contribution in [0.1, 0.15) is 17.5 Å². The molecular formula is C22H22FN3O2S. The molecule has 2 amide bonds. The highest BCUT2D eigenvalue weighted by molar-refractivity contribution is 8.15. The number of amidine groups is 1. The Bertz CT molecular complexity index is 973. The Hall–Kier alpha value is -2.93. The predicted molar refractivity (Wildman–Crippen MR) is 116 cm³/mol. The first-order valence-electron chi connectivity index (χ1n) is 9.17. The second kappa shape index (κ2) is 9.05. The smallest absolute Gasteiger partial charge is 0.242 e. The van der Waals surface area contributed by atoms with E-state index in [9.17, 15) is 14.0 Å². The fourth-order valence-electron chi connectivity index (χ4n) is 2.84. The van der Waals surface area contributed by atoms with E-state index >= 15 is 0 Å². The first-order chi connectivity index (χ1) is 13.9. The summed E-state index contributed by atoms with van der Waals surface area (Å²) in [5.41, 5.74) is 3.53. The van der Waals surface area contributed by atoms with Crippen LogP contribution in [0.2, 0.25) is 0 Å². The molecule has 0 bridgehead atoms. The number of aliphatic imine (C=N–C) groups is 1. The molecule has 1 fully saturated rings. The molecule has 5 nitrogen and oxygen atoms in total. The topological polar surface area (TPSA) is 61.8 Å². The standard InChI is InChI=1S/C22H22FN3O2S/c1-4-11-26-21(28)19(13-20(27)24-17-9-6-16(23)7-10-17)29-22(26)25-18-8-5-14(2)15(3)12-18/h4-10,12,19H,1,11,13H2,2-3H3,(H,24,27)/t19-/m1/s1. The summed E-state index contributed by atoms with van der Waals surface area (Å²) in [4.78, 5) is 31.3. The van der Waals surface area contributed by atoms with Gasteiger partial charge in [-0.2, -0.15) is 0 Å². The number of carbonyl (C=O) groups excluding carboxylic acids is 2. The van der Waals surface area contributed by atoms with E-state index < -0.39 is 5.25 Å². The molecular weight excluding hydrogens is 389 g/mol. The Morgan fingerprint density at radius 1 is 1.24 bits per heavy atom. The quantitative estimate of drug-likeness (QED) is 0.708. The molecule has 0 spiro atoms. The number of nitrogens with zero attached hydrogens (tertiary/aromatic N) is 2. The third-order valence-corrected chi connectivity index (χ3v) is 5.72. The van der Waals surface area contributed by atoms with Crippen LogP contribution in [0, 0.1) is 19.7 Å². The number of hydrogen-bond acceptors (Lipinski definition) is 4. The summed E-state index contributed by atoms with van der Waals surface area (Å²) in [5.74, 6) is -0.864. The third-order valence-electron chi connectivity index (χ3n) is 4.55. The number of nitrogens with one attached hydrogen (secondary N) is 1. The van der Waals surface area contributed by atoms with Gasteiger partial charge in [-0.1, -0.05) is 23.9 Å². The van der Waals surface area contributed by atoms with E-state index in [0.717, 1.165) is 11.3 Å². The first-order valence-corrected chi connectivity index (χ1v) is 10.1. The summed E-state index contributed by atoms with van der Waals surface area (Å²) in [6.07, 6.45) is 1.63. The molecule has 150 valence electrons. The normalized spacial score (nSPS) is 17.6. The maximum Gasteiger partial charge on any atom is 0.242 e. The second-order valence-corrected chi connectivity index (χ2v) is 7.94. The minimum Gasteiger partial charge on any atom is -0.326 e. The van der Waals surface area contributed by atoms with Gasteiger partial charge in [0, 0.05) is 18.7 Å². The van der Waals surface area contributed by atoms with Gasteiger partial charge in [-0.25, -0.2) is 9.38 Å². The summed E-state index contributed by atoms with van der Waals surface area (Å²) in [6, 6.07) is 11.4. The van der Waals surface area contributed by atoms with Gasteiger partial charge in [-0.05, 0) is 61.4 Å². The lowest BCUT2D eigenvalue weighted by atomic mass is 10.1. The van der Waals surface area contributed by atoms with Gasteiger partial charge in [0.15, 0.2) is 5.17 Å². The highest BCUT2D eigenvalue weighted by Gasteiger charge is 2.38. The maximum absolute atomic E-state index is 13.0. The molecule has 0 aliphatic carbocycles. The molecule has 0 saturated carbocycles. The Labute approximate surface area is 173 Å². The van der Waals surface area contributed by atoms with Gasteiger partial charge in [0.25, 0.3) is 0 Å². The number of amides is 2. The third kappa shape index (κ3) is 5.12.